The van der Waals surface area contributed by atoms with Gasteiger partial charge < -0.3 is 23.9 Å². The van der Waals surface area contributed by atoms with Crippen LogP contribution in [0.1, 0.15) is 21.6 Å². The van der Waals surface area contributed by atoms with Crippen LogP contribution < -0.4 is 0 Å². The number of nitrogens with zero attached hydrogens (tertiary/aromatic N) is 1. The van der Waals surface area contributed by atoms with Gasteiger partial charge in [-0.25, -0.2) is 4.79 Å². The number of hydrogen-bond acceptors (Lipinski definition) is 5. The first-order valence-electron chi connectivity index (χ1n) is 9.31. The smallest absolute Gasteiger partial charge is 0.340 e. The second kappa shape index (κ2) is 9.78. The van der Waals surface area contributed by atoms with Crippen molar-refractivity contribution in [2.24, 2.45) is 0 Å². The van der Waals surface area contributed by atoms with Gasteiger partial charge in [-0.15, -0.1) is 0 Å². The average Bonchev–Trinajstić information content (AvgIpc) is 2.97. The zero-order valence-electron chi connectivity index (χ0n) is 16.5. The highest BCUT2D eigenvalue weighted by Gasteiger charge is 2.21. The number of rotatable bonds is 9. The van der Waals surface area contributed by atoms with Crippen LogP contribution in [-0.2, 0) is 27.4 Å². The van der Waals surface area contributed by atoms with Gasteiger partial charge in [-0.3, -0.25) is 0 Å². The predicted molar refractivity (Wildman–Crippen MR) is 112 cm³/mol. The molecule has 0 radical (unpaired) electrons. The number of fused-ring (bicyclic) bond motifs is 1. The lowest BCUT2D eigenvalue weighted by Gasteiger charge is -2.10. The Kier molecular flexibility index (Phi) is 7.14. The van der Waals surface area contributed by atoms with Gasteiger partial charge in [0.1, 0.15) is 12.4 Å². The Balaban J connectivity index is 1.75. The number of halogens is 1. The predicted octanol–water partition coefficient (Wildman–Crippen LogP) is 4.33. The zero-order chi connectivity index (χ0) is 20.8. The number of phenolic OH excluding ortho intramolecular Hbond substituents is 1. The van der Waals surface area contributed by atoms with Crippen molar-refractivity contribution in [3.8, 4) is 5.75 Å². The quantitative estimate of drug-likeness (QED) is 0.414. The first kappa shape index (κ1) is 21.2. The van der Waals surface area contributed by atoms with Gasteiger partial charge >= 0.3 is 5.97 Å². The molecule has 0 bridgehead atoms. The molecule has 1 heterocycles. The first-order chi connectivity index (χ1) is 14.0. The normalized spacial score (nSPS) is 11.1. The summed E-state index contributed by atoms with van der Waals surface area (Å²) in [6, 6.07) is 12.5. The molecule has 0 aliphatic heterocycles. The molecule has 3 aromatic rings. The first-order valence-corrected chi connectivity index (χ1v) is 9.69. The Bertz CT molecular complexity index is 981. The monoisotopic (exact) mass is 417 g/mol. The number of hydrogen-bond donors (Lipinski definition) is 1. The Morgan fingerprint density at radius 2 is 1.86 bits per heavy atom. The van der Waals surface area contributed by atoms with Gasteiger partial charge in [-0.2, -0.15) is 0 Å². The summed E-state index contributed by atoms with van der Waals surface area (Å²) in [6.07, 6.45) is 0. The molecule has 0 atom stereocenters. The van der Waals surface area contributed by atoms with Crippen molar-refractivity contribution in [3.05, 3.63) is 64.3 Å². The summed E-state index contributed by atoms with van der Waals surface area (Å²) in [4.78, 5) is 12.6. The topological polar surface area (TPSA) is 69.9 Å². The molecule has 3 rings (SSSR count). The lowest BCUT2D eigenvalue weighted by molar-refractivity contribution is 0.0389. The molecule has 0 amide bonds. The van der Waals surface area contributed by atoms with Crippen LogP contribution >= 0.6 is 11.6 Å². The molecule has 6 nitrogen and oxygen atoms in total. The van der Waals surface area contributed by atoms with Crippen molar-refractivity contribution in [2.45, 2.75) is 20.1 Å². The van der Waals surface area contributed by atoms with Gasteiger partial charge in [-0.1, -0.05) is 23.7 Å². The SMILES string of the molecule is COCCOC(=O)c1c(C)n(CCOCc2ccc(Cl)cc2)c2ccc(O)cc12. The summed E-state index contributed by atoms with van der Waals surface area (Å²) in [5.41, 5.74) is 3.10. The third-order valence-electron chi connectivity index (χ3n) is 4.67. The molecule has 0 spiro atoms. The van der Waals surface area contributed by atoms with Crippen molar-refractivity contribution in [1.82, 2.24) is 4.57 Å². The molecular formula is C22H24ClNO5. The number of benzene rings is 2. The summed E-state index contributed by atoms with van der Waals surface area (Å²) in [6.45, 7) is 3.86. The van der Waals surface area contributed by atoms with Crippen molar-refractivity contribution in [2.75, 3.05) is 26.9 Å². The Hall–Kier alpha value is -2.54. The lowest BCUT2D eigenvalue weighted by Crippen LogP contribution is -2.12. The summed E-state index contributed by atoms with van der Waals surface area (Å²) >= 11 is 5.90. The number of aromatic hydroxyl groups is 1. The largest absolute Gasteiger partial charge is 0.508 e. The highest BCUT2D eigenvalue weighted by molar-refractivity contribution is 6.30. The minimum atomic E-state index is -0.434. The molecule has 2 aromatic carbocycles. The molecule has 154 valence electrons. The van der Waals surface area contributed by atoms with Gasteiger partial charge in [0.15, 0.2) is 0 Å². The standard InChI is InChI=1S/C22H24ClNO5/c1-15-21(22(26)29-12-11-27-2)19-13-18(25)7-8-20(19)24(15)9-10-28-14-16-3-5-17(23)6-4-16/h3-8,13,25H,9-12,14H2,1-2H3. The molecule has 0 aliphatic rings. The van der Waals surface area contributed by atoms with Crippen LogP contribution in [0.25, 0.3) is 10.9 Å². The maximum Gasteiger partial charge on any atom is 0.340 e. The number of carbonyl (C=O) groups is 1. The van der Waals surface area contributed by atoms with Crippen LogP contribution in [0.5, 0.6) is 5.75 Å². The molecular weight excluding hydrogens is 394 g/mol. The third-order valence-corrected chi connectivity index (χ3v) is 4.92. The molecule has 7 heteroatoms. The summed E-state index contributed by atoms with van der Waals surface area (Å²) in [5.74, 6) is -0.337. The summed E-state index contributed by atoms with van der Waals surface area (Å²) in [5, 5.41) is 11.2. The number of esters is 1. The van der Waals surface area contributed by atoms with Crippen molar-refractivity contribution in [1.29, 1.82) is 0 Å². The van der Waals surface area contributed by atoms with E-state index in [1.165, 1.54) is 0 Å². The maximum absolute atomic E-state index is 12.6. The van der Waals surface area contributed by atoms with Crippen molar-refractivity contribution in [3.63, 3.8) is 0 Å². The van der Waals surface area contributed by atoms with E-state index in [1.54, 1.807) is 25.3 Å². The van der Waals surface area contributed by atoms with Crippen molar-refractivity contribution < 1.29 is 24.1 Å². The van der Waals surface area contributed by atoms with Crippen LogP contribution in [0.3, 0.4) is 0 Å². The molecule has 1 N–H and O–H groups in total. The number of methoxy groups -OCH3 is 1. The molecule has 0 saturated carbocycles. The second-order valence-corrected chi connectivity index (χ2v) is 7.06. The molecule has 29 heavy (non-hydrogen) atoms. The molecule has 0 aliphatic carbocycles. The number of ether oxygens (including phenoxy) is 3. The fourth-order valence-corrected chi connectivity index (χ4v) is 3.36. The average molecular weight is 418 g/mol. The minimum Gasteiger partial charge on any atom is -0.508 e. The number of phenols is 1. The van der Waals surface area contributed by atoms with Gasteiger partial charge in [0.05, 0.1) is 25.4 Å². The zero-order valence-corrected chi connectivity index (χ0v) is 17.2. The highest BCUT2D eigenvalue weighted by Crippen LogP contribution is 2.29. The van der Waals surface area contributed by atoms with Gasteiger partial charge in [0.25, 0.3) is 0 Å². The molecule has 1 aromatic heterocycles. The van der Waals surface area contributed by atoms with Gasteiger partial charge in [-0.05, 0) is 42.8 Å². The Morgan fingerprint density at radius 1 is 1.10 bits per heavy atom. The van der Waals surface area contributed by atoms with Crippen molar-refractivity contribution >= 4 is 28.5 Å². The maximum atomic E-state index is 12.6. The van der Waals surface area contributed by atoms with E-state index in [1.807, 2.05) is 35.8 Å². The highest BCUT2D eigenvalue weighted by atomic mass is 35.5. The van der Waals surface area contributed by atoms with Crippen LogP contribution in [0.2, 0.25) is 5.02 Å². The van der Waals surface area contributed by atoms with Crippen LogP contribution in [-0.4, -0.2) is 42.6 Å². The number of aromatic nitrogens is 1. The summed E-state index contributed by atoms with van der Waals surface area (Å²) < 4.78 is 18.0. The van der Waals surface area contributed by atoms with Gasteiger partial charge in [0, 0.05) is 35.3 Å². The molecule has 0 fully saturated rings. The van der Waals surface area contributed by atoms with E-state index in [-0.39, 0.29) is 12.4 Å². The van der Waals surface area contributed by atoms with Crippen LogP contribution in [0.4, 0.5) is 0 Å². The third kappa shape index (κ3) is 5.09. The fraction of sp³-hybridized carbons (Fsp3) is 0.318. The molecule has 0 unspecified atom stereocenters. The van der Waals surface area contributed by atoms with E-state index < -0.39 is 5.97 Å². The van der Waals surface area contributed by atoms with E-state index in [0.717, 1.165) is 16.8 Å². The number of carbonyl (C=O) groups excluding carboxylic acids is 1. The lowest BCUT2D eigenvalue weighted by atomic mass is 10.1. The second-order valence-electron chi connectivity index (χ2n) is 6.62. The van der Waals surface area contributed by atoms with E-state index in [0.29, 0.717) is 42.3 Å². The summed E-state index contributed by atoms with van der Waals surface area (Å²) in [7, 11) is 1.55. The minimum absolute atomic E-state index is 0.0968. The van der Waals surface area contributed by atoms with E-state index in [2.05, 4.69) is 0 Å². The Labute approximate surface area is 174 Å². The van der Waals surface area contributed by atoms with Crippen LogP contribution in [0, 0.1) is 6.92 Å². The van der Waals surface area contributed by atoms with E-state index in [9.17, 15) is 9.90 Å². The van der Waals surface area contributed by atoms with Gasteiger partial charge in [0.2, 0.25) is 0 Å². The molecule has 0 saturated heterocycles. The van der Waals surface area contributed by atoms with E-state index >= 15 is 0 Å². The Morgan fingerprint density at radius 3 is 2.59 bits per heavy atom. The van der Waals surface area contributed by atoms with E-state index in [4.69, 9.17) is 25.8 Å². The fourth-order valence-electron chi connectivity index (χ4n) is 3.23. The van der Waals surface area contributed by atoms with Crippen LogP contribution in [0.15, 0.2) is 42.5 Å².